The molecule has 0 aliphatic heterocycles. The summed E-state index contributed by atoms with van der Waals surface area (Å²) in [6, 6.07) is 8.99. The largest absolute Gasteiger partial charge is 0.391 e. The van der Waals surface area contributed by atoms with Gasteiger partial charge in [0, 0.05) is 18.4 Å². The van der Waals surface area contributed by atoms with Crippen LogP contribution in [0.15, 0.2) is 36.5 Å². The average molecular weight is 288 g/mol. The molecule has 112 valence electrons. The van der Waals surface area contributed by atoms with E-state index in [2.05, 4.69) is 20.8 Å². The molecule has 0 fully saturated rings. The second-order valence-electron chi connectivity index (χ2n) is 4.83. The number of nitrogens with zero attached hydrogens (tertiary/aromatic N) is 1. The van der Waals surface area contributed by atoms with Crippen LogP contribution in [0.5, 0.6) is 0 Å². The van der Waals surface area contributed by atoms with Crippen molar-refractivity contribution in [1.29, 1.82) is 0 Å². The molecule has 21 heavy (non-hydrogen) atoms. The van der Waals surface area contributed by atoms with E-state index >= 15 is 0 Å². The number of hydrogen-bond acceptors (Lipinski definition) is 3. The maximum atomic E-state index is 11.7. The van der Waals surface area contributed by atoms with Crippen LogP contribution in [0.3, 0.4) is 0 Å². The highest BCUT2D eigenvalue weighted by molar-refractivity contribution is 5.89. The predicted octanol–water partition coefficient (Wildman–Crippen LogP) is 2.36. The van der Waals surface area contributed by atoms with Gasteiger partial charge in [0.05, 0.1) is 11.8 Å². The van der Waals surface area contributed by atoms with Gasteiger partial charge in [0.2, 0.25) is 0 Å². The monoisotopic (exact) mass is 288 g/mol. The van der Waals surface area contributed by atoms with Gasteiger partial charge in [-0.05, 0) is 30.2 Å². The van der Waals surface area contributed by atoms with Crippen molar-refractivity contribution in [3.63, 3.8) is 0 Å². The molecule has 0 saturated carbocycles. The Balaban J connectivity index is 1.84. The third kappa shape index (κ3) is 4.61. The molecule has 0 radical (unpaired) electrons. The Morgan fingerprint density at radius 1 is 1.33 bits per heavy atom. The van der Waals surface area contributed by atoms with Gasteiger partial charge in [0.15, 0.2) is 0 Å². The molecule has 6 heteroatoms. The molecule has 2 rings (SSSR count). The normalized spacial score (nSPS) is 11.9. The Bertz CT molecular complexity index is 552. The van der Waals surface area contributed by atoms with Crippen LogP contribution in [0.2, 0.25) is 0 Å². The maximum absolute atomic E-state index is 11.7. The summed E-state index contributed by atoms with van der Waals surface area (Å²) < 4.78 is 0. The van der Waals surface area contributed by atoms with E-state index in [0.29, 0.717) is 12.1 Å². The molecule has 0 aliphatic carbocycles. The lowest BCUT2D eigenvalue weighted by Crippen LogP contribution is -2.35. The highest BCUT2D eigenvalue weighted by atomic mass is 16.3. The first-order valence-electron chi connectivity index (χ1n) is 7.01. The minimum Gasteiger partial charge on any atom is -0.391 e. The Kier molecular flexibility index (Phi) is 5.34. The molecular formula is C15H20N4O2. The number of hydrogen-bond donors (Lipinski definition) is 4. The summed E-state index contributed by atoms with van der Waals surface area (Å²) in [6.07, 6.45) is 2.76. The maximum Gasteiger partial charge on any atom is 0.319 e. The summed E-state index contributed by atoms with van der Waals surface area (Å²) in [5.41, 5.74) is 2.62. The smallest absolute Gasteiger partial charge is 0.319 e. The fourth-order valence-electron chi connectivity index (χ4n) is 1.97. The molecule has 1 aromatic carbocycles. The number of aliphatic hydroxyl groups excluding tert-OH is 1. The number of benzene rings is 1. The molecule has 4 N–H and O–H groups in total. The van der Waals surface area contributed by atoms with Crippen LogP contribution >= 0.6 is 0 Å². The zero-order valence-electron chi connectivity index (χ0n) is 12.0. The van der Waals surface area contributed by atoms with Gasteiger partial charge >= 0.3 is 6.03 Å². The van der Waals surface area contributed by atoms with Crippen molar-refractivity contribution in [3.05, 3.63) is 36.5 Å². The highest BCUT2D eigenvalue weighted by Crippen LogP contribution is 2.18. The van der Waals surface area contributed by atoms with E-state index in [0.717, 1.165) is 17.7 Å². The van der Waals surface area contributed by atoms with E-state index in [1.807, 2.05) is 37.3 Å². The van der Waals surface area contributed by atoms with Crippen molar-refractivity contribution in [2.45, 2.75) is 25.9 Å². The zero-order chi connectivity index (χ0) is 15.1. The van der Waals surface area contributed by atoms with Crippen molar-refractivity contribution in [1.82, 2.24) is 15.5 Å². The average Bonchev–Trinajstić information content (AvgIpc) is 3.00. The van der Waals surface area contributed by atoms with Gasteiger partial charge in [0.1, 0.15) is 0 Å². The van der Waals surface area contributed by atoms with E-state index in [1.54, 1.807) is 6.20 Å². The fraction of sp³-hybridized carbons (Fsp3) is 0.333. The van der Waals surface area contributed by atoms with Crippen molar-refractivity contribution in [2.75, 3.05) is 11.9 Å². The zero-order valence-corrected chi connectivity index (χ0v) is 12.0. The number of carbonyl (C=O) groups is 1. The Morgan fingerprint density at radius 2 is 2.10 bits per heavy atom. The highest BCUT2D eigenvalue weighted by Gasteiger charge is 2.06. The van der Waals surface area contributed by atoms with E-state index in [4.69, 9.17) is 0 Å². The number of H-pyrrole nitrogens is 1. The first-order chi connectivity index (χ1) is 10.2. The van der Waals surface area contributed by atoms with Gasteiger partial charge in [-0.3, -0.25) is 5.10 Å². The van der Waals surface area contributed by atoms with Crippen LogP contribution in [-0.4, -0.2) is 34.0 Å². The Morgan fingerprint density at radius 3 is 2.71 bits per heavy atom. The van der Waals surface area contributed by atoms with Gasteiger partial charge in [-0.15, -0.1) is 0 Å². The molecule has 2 amide bonds. The molecule has 0 spiro atoms. The van der Waals surface area contributed by atoms with Crippen LogP contribution in [0, 0.1) is 0 Å². The predicted molar refractivity (Wildman–Crippen MR) is 82.0 cm³/mol. The first-order valence-corrected chi connectivity index (χ1v) is 7.01. The lowest BCUT2D eigenvalue weighted by Gasteiger charge is -2.11. The minimum absolute atomic E-state index is 0.256. The number of aromatic amines is 1. The van der Waals surface area contributed by atoms with E-state index < -0.39 is 6.10 Å². The van der Waals surface area contributed by atoms with Crippen LogP contribution in [0.4, 0.5) is 10.5 Å². The fourth-order valence-corrected chi connectivity index (χ4v) is 1.97. The first kappa shape index (κ1) is 15.1. The van der Waals surface area contributed by atoms with Gasteiger partial charge in [-0.25, -0.2) is 4.79 Å². The number of aromatic nitrogens is 2. The number of urea groups is 1. The van der Waals surface area contributed by atoms with Crippen LogP contribution < -0.4 is 10.6 Å². The third-order valence-corrected chi connectivity index (χ3v) is 3.07. The number of aliphatic hydroxyl groups is 1. The molecule has 2 aromatic rings. The van der Waals surface area contributed by atoms with E-state index in [1.165, 1.54) is 0 Å². The van der Waals surface area contributed by atoms with Crippen molar-refractivity contribution >= 4 is 11.7 Å². The molecule has 1 unspecified atom stereocenters. The number of carbonyl (C=O) groups excluding carboxylic acids is 1. The van der Waals surface area contributed by atoms with Crippen molar-refractivity contribution in [2.24, 2.45) is 0 Å². The lowest BCUT2D eigenvalue weighted by molar-refractivity contribution is 0.162. The summed E-state index contributed by atoms with van der Waals surface area (Å²) in [5, 5.41) is 21.7. The van der Waals surface area contributed by atoms with Gasteiger partial charge in [-0.2, -0.15) is 5.10 Å². The summed E-state index contributed by atoms with van der Waals surface area (Å²) in [5.74, 6) is 0. The van der Waals surface area contributed by atoms with Crippen molar-refractivity contribution < 1.29 is 9.90 Å². The summed E-state index contributed by atoms with van der Waals surface area (Å²) >= 11 is 0. The third-order valence-electron chi connectivity index (χ3n) is 3.07. The Hall–Kier alpha value is -2.34. The molecule has 0 bridgehead atoms. The lowest BCUT2D eigenvalue weighted by atomic mass is 10.1. The number of anilines is 1. The molecule has 1 atom stereocenters. The topological polar surface area (TPSA) is 90.0 Å². The van der Waals surface area contributed by atoms with Gasteiger partial charge in [-0.1, -0.05) is 25.5 Å². The van der Waals surface area contributed by atoms with E-state index in [-0.39, 0.29) is 12.6 Å². The quantitative estimate of drug-likeness (QED) is 0.657. The molecular weight excluding hydrogens is 268 g/mol. The SMILES string of the molecule is CCCC(O)CNC(=O)Nc1ccc(-c2ccn[nH]2)cc1. The Labute approximate surface area is 123 Å². The number of amides is 2. The standard InChI is InChI=1S/C15H20N4O2/c1-2-3-13(20)10-16-15(21)18-12-6-4-11(5-7-12)14-8-9-17-19-14/h4-9,13,20H,2-3,10H2,1H3,(H,17,19)(H2,16,18,21). The minimum atomic E-state index is -0.497. The summed E-state index contributed by atoms with van der Waals surface area (Å²) in [7, 11) is 0. The molecule has 1 heterocycles. The summed E-state index contributed by atoms with van der Waals surface area (Å²) in [6.45, 7) is 2.25. The summed E-state index contributed by atoms with van der Waals surface area (Å²) in [4.78, 5) is 11.7. The van der Waals surface area contributed by atoms with Crippen LogP contribution in [0.25, 0.3) is 11.3 Å². The molecule has 6 nitrogen and oxygen atoms in total. The van der Waals surface area contributed by atoms with Gasteiger partial charge in [0.25, 0.3) is 0 Å². The number of rotatable bonds is 6. The second kappa shape index (κ2) is 7.44. The van der Waals surface area contributed by atoms with Gasteiger partial charge < -0.3 is 15.7 Å². The number of nitrogens with one attached hydrogen (secondary N) is 3. The molecule has 1 aromatic heterocycles. The molecule has 0 saturated heterocycles. The van der Waals surface area contributed by atoms with E-state index in [9.17, 15) is 9.90 Å². The van der Waals surface area contributed by atoms with Crippen LogP contribution in [0.1, 0.15) is 19.8 Å². The second-order valence-corrected chi connectivity index (χ2v) is 4.83. The van der Waals surface area contributed by atoms with Crippen LogP contribution in [-0.2, 0) is 0 Å². The van der Waals surface area contributed by atoms with Crippen molar-refractivity contribution in [3.8, 4) is 11.3 Å². The molecule has 0 aliphatic rings.